The number of likely N-dealkylation sites (tertiary alicyclic amines) is 1. The average molecular weight is 498 g/mol. The molecule has 3 aliphatic heterocycles. The predicted molar refractivity (Wildman–Crippen MR) is 131 cm³/mol. The van der Waals surface area contributed by atoms with Crippen LogP contribution in [0.15, 0.2) is 57.8 Å². The molecule has 2 atom stereocenters. The van der Waals surface area contributed by atoms with Crippen molar-refractivity contribution in [3.05, 3.63) is 54.1 Å². The largest absolute Gasteiger partial charge is 0.376 e. The van der Waals surface area contributed by atoms with E-state index < -0.39 is 16.1 Å². The molecule has 0 spiro atoms. The molecule has 0 aliphatic carbocycles. The summed E-state index contributed by atoms with van der Waals surface area (Å²) >= 11 is 0. The summed E-state index contributed by atoms with van der Waals surface area (Å²) in [4.78, 5) is 27.1. The third kappa shape index (κ3) is 5.01. The Balaban J connectivity index is 1.20. The van der Waals surface area contributed by atoms with Crippen molar-refractivity contribution in [2.45, 2.75) is 42.7 Å². The Bertz CT molecular complexity index is 1260. The van der Waals surface area contributed by atoms with Crippen molar-refractivity contribution >= 4 is 39.2 Å². The van der Waals surface area contributed by atoms with Crippen molar-refractivity contribution in [3.63, 3.8) is 0 Å². The standard InChI is InChI=1S/C24H27N5O5S/c30-23(20-7-3-13-29(20)22-19-6-1-2-8-21(19)35(32,33)28-22)26-16-9-11-17(12-10-16)27-24(31)25-15-18-5-4-14-34-18/h1-2,6,8-12,18,20H,3-5,7,13-15H2,(H,26,30)(H2,25,27,31)/t18?,20-/m0/s1. The van der Waals surface area contributed by atoms with E-state index in [0.29, 0.717) is 42.3 Å². The number of fused-ring (bicyclic) bond motifs is 1. The molecule has 2 fully saturated rings. The zero-order valence-electron chi connectivity index (χ0n) is 19.1. The minimum Gasteiger partial charge on any atom is -0.376 e. The van der Waals surface area contributed by atoms with Gasteiger partial charge in [-0.25, -0.2) is 4.79 Å². The van der Waals surface area contributed by atoms with Gasteiger partial charge in [0.2, 0.25) is 5.91 Å². The van der Waals surface area contributed by atoms with Gasteiger partial charge in [-0.1, -0.05) is 12.1 Å². The van der Waals surface area contributed by atoms with Gasteiger partial charge in [0.05, 0.1) is 6.10 Å². The first kappa shape index (κ1) is 23.3. The maximum absolute atomic E-state index is 13.1. The van der Waals surface area contributed by atoms with Crippen LogP contribution in [0, 0.1) is 0 Å². The number of nitrogens with one attached hydrogen (secondary N) is 3. The highest BCUT2D eigenvalue weighted by molar-refractivity contribution is 7.90. The molecule has 0 saturated carbocycles. The van der Waals surface area contributed by atoms with Crippen LogP contribution in [0.1, 0.15) is 31.2 Å². The monoisotopic (exact) mass is 497 g/mol. The number of amides is 3. The first-order valence-corrected chi connectivity index (χ1v) is 13.1. The lowest BCUT2D eigenvalue weighted by molar-refractivity contribution is -0.119. The van der Waals surface area contributed by atoms with Crippen LogP contribution in [0.3, 0.4) is 0 Å². The van der Waals surface area contributed by atoms with Crippen LogP contribution in [-0.4, -0.2) is 62.9 Å². The Labute approximate surface area is 203 Å². The highest BCUT2D eigenvalue weighted by Gasteiger charge is 2.39. The van der Waals surface area contributed by atoms with Crippen molar-refractivity contribution in [2.24, 2.45) is 4.40 Å². The van der Waals surface area contributed by atoms with E-state index in [1.54, 1.807) is 47.4 Å². The third-order valence-corrected chi connectivity index (χ3v) is 7.69. The number of ether oxygens (including phenoxy) is 1. The fraction of sp³-hybridized carbons (Fsp3) is 0.375. The van der Waals surface area contributed by atoms with Crippen molar-refractivity contribution < 1.29 is 22.7 Å². The topological polar surface area (TPSA) is 129 Å². The molecule has 0 aromatic heterocycles. The number of sulfonamides is 1. The van der Waals surface area contributed by atoms with Gasteiger partial charge in [-0.2, -0.15) is 8.42 Å². The van der Waals surface area contributed by atoms with Crippen molar-refractivity contribution in [1.82, 2.24) is 10.2 Å². The summed E-state index contributed by atoms with van der Waals surface area (Å²) in [6.07, 6.45) is 3.38. The summed E-state index contributed by atoms with van der Waals surface area (Å²) in [7, 11) is -3.76. The van der Waals surface area contributed by atoms with Crippen LogP contribution >= 0.6 is 0 Å². The Hall–Kier alpha value is -3.44. The van der Waals surface area contributed by atoms with Crippen molar-refractivity contribution in [2.75, 3.05) is 30.3 Å². The molecule has 3 N–H and O–H groups in total. The first-order valence-electron chi connectivity index (χ1n) is 11.7. The molecule has 3 amide bonds. The minimum atomic E-state index is -3.76. The summed E-state index contributed by atoms with van der Waals surface area (Å²) < 4.78 is 34.4. The van der Waals surface area contributed by atoms with Gasteiger partial charge in [0.25, 0.3) is 10.0 Å². The highest BCUT2D eigenvalue weighted by atomic mass is 32.2. The Morgan fingerprint density at radius 2 is 1.74 bits per heavy atom. The summed E-state index contributed by atoms with van der Waals surface area (Å²) in [5.74, 6) is 0.0915. The van der Waals surface area contributed by atoms with Crippen LogP contribution in [0.5, 0.6) is 0 Å². The van der Waals surface area contributed by atoms with Gasteiger partial charge in [-0.05, 0) is 62.1 Å². The molecule has 3 aliphatic rings. The first-order chi connectivity index (χ1) is 16.9. The van der Waals surface area contributed by atoms with E-state index in [0.717, 1.165) is 25.9 Å². The summed E-state index contributed by atoms with van der Waals surface area (Å²) in [5, 5.41) is 8.46. The maximum atomic E-state index is 13.1. The second-order valence-electron chi connectivity index (χ2n) is 8.77. The molecule has 10 nitrogen and oxygen atoms in total. The van der Waals surface area contributed by atoms with Crippen LogP contribution in [0.2, 0.25) is 0 Å². The Kier molecular flexibility index (Phi) is 6.44. The van der Waals surface area contributed by atoms with Gasteiger partial charge in [-0.15, -0.1) is 4.40 Å². The fourth-order valence-corrected chi connectivity index (χ4v) is 5.86. The number of nitrogens with zero attached hydrogens (tertiary/aromatic N) is 2. The molecule has 2 aromatic carbocycles. The molecule has 2 saturated heterocycles. The number of carbonyl (C=O) groups is 2. The van der Waals surface area contributed by atoms with E-state index in [2.05, 4.69) is 20.3 Å². The van der Waals surface area contributed by atoms with E-state index in [-0.39, 0.29) is 22.9 Å². The number of amidine groups is 1. The zero-order valence-corrected chi connectivity index (χ0v) is 19.9. The normalized spacial score (nSPS) is 22.4. The summed E-state index contributed by atoms with van der Waals surface area (Å²) in [5.41, 5.74) is 1.70. The molecular weight excluding hydrogens is 470 g/mol. The molecule has 0 bridgehead atoms. The molecule has 11 heteroatoms. The third-order valence-electron chi connectivity index (χ3n) is 6.36. The molecule has 184 valence electrons. The van der Waals surface area contributed by atoms with Crippen LogP contribution < -0.4 is 16.0 Å². The van der Waals surface area contributed by atoms with Crippen LogP contribution in [0.4, 0.5) is 16.2 Å². The maximum Gasteiger partial charge on any atom is 0.319 e. The van der Waals surface area contributed by atoms with Gasteiger partial charge >= 0.3 is 6.03 Å². The number of hydrogen-bond acceptors (Lipinski definition) is 6. The van der Waals surface area contributed by atoms with Gasteiger partial charge < -0.3 is 25.6 Å². The molecule has 1 unspecified atom stereocenters. The molecular formula is C24H27N5O5S. The lowest BCUT2D eigenvalue weighted by Gasteiger charge is -2.25. The summed E-state index contributed by atoms with van der Waals surface area (Å²) in [6, 6.07) is 12.7. The van der Waals surface area contributed by atoms with Gasteiger partial charge in [0, 0.05) is 36.6 Å². The number of anilines is 2. The van der Waals surface area contributed by atoms with E-state index in [1.807, 2.05) is 0 Å². The molecule has 35 heavy (non-hydrogen) atoms. The number of urea groups is 1. The molecule has 3 heterocycles. The van der Waals surface area contributed by atoms with E-state index in [4.69, 9.17) is 4.74 Å². The van der Waals surface area contributed by atoms with Crippen molar-refractivity contribution in [3.8, 4) is 0 Å². The fourth-order valence-electron chi connectivity index (χ4n) is 4.64. The van der Waals surface area contributed by atoms with Gasteiger partial charge in [0.15, 0.2) is 5.84 Å². The number of rotatable bonds is 5. The quantitative estimate of drug-likeness (QED) is 0.582. The lowest BCUT2D eigenvalue weighted by Crippen LogP contribution is -2.43. The molecule has 5 rings (SSSR count). The SMILES string of the molecule is O=C(NCC1CCCO1)Nc1ccc(NC(=O)[C@@H]2CCCN2C2=NS(=O)(=O)c3ccccc32)cc1. The number of benzene rings is 2. The molecule has 2 aromatic rings. The van der Waals surface area contributed by atoms with Crippen molar-refractivity contribution in [1.29, 1.82) is 0 Å². The van der Waals surface area contributed by atoms with E-state index in [1.165, 1.54) is 6.07 Å². The number of carbonyl (C=O) groups excluding carboxylic acids is 2. The van der Waals surface area contributed by atoms with Crippen LogP contribution in [0.25, 0.3) is 0 Å². The highest BCUT2D eigenvalue weighted by Crippen LogP contribution is 2.31. The van der Waals surface area contributed by atoms with E-state index in [9.17, 15) is 18.0 Å². The Morgan fingerprint density at radius 1 is 1.00 bits per heavy atom. The van der Waals surface area contributed by atoms with Crippen LogP contribution in [-0.2, 0) is 19.6 Å². The Morgan fingerprint density at radius 3 is 2.49 bits per heavy atom. The minimum absolute atomic E-state index is 0.0669. The van der Waals surface area contributed by atoms with Gasteiger partial charge in [-0.3, -0.25) is 4.79 Å². The number of hydrogen-bond donors (Lipinski definition) is 3. The second-order valence-corrected chi connectivity index (χ2v) is 10.3. The zero-order chi connectivity index (χ0) is 24.4. The average Bonchev–Trinajstić information content (AvgIpc) is 3.59. The van der Waals surface area contributed by atoms with E-state index >= 15 is 0 Å². The molecule has 0 radical (unpaired) electrons. The lowest BCUT2D eigenvalue weighted by atomic mass is 10.1. The predicted octanol–water partition coefficient (Wildman–Crippen LogP) is 2.54. The smallest absolute Gasteiger partial charge is 0.319 e. The van der Waals surface area contributed by atoms with Gasteiger partial charge in [0.1, 0.15) is 10.9 Å². The second kappa shape index (κ2) is 9.67. The summed E-state index contributed by atoms with van der Waals surface area (Å²) in [6.45, 7) is 1.75.